The molecule has 7 nitrogen and oxygen atoms in total. The second kappa shape index (κ2) is 14.6. The monoisotopic (exact) mass is 703 g/mol. The van der Waals surface area contributed by atoms with Gasteiger partial charge < -0.3 is 10.2 Å². The zero-order valence-electron chi connectivity index (χ0n) is 24.2. The molecule has 45 heavy (non-hydrogen) atoms. The third-order valence-corrected chi connectivity index (χ3v) is 10.3. The Morgan fingerprint density at radius 3 is 2.22 bits per heavy atom. The van der Waals surface area contributed by atoms with Crippen molar-refractivity contribution < 1.29 is 31.2 Å². The topological polar surface area (TPSA) is 86.8 Å². The number of carbonyl (C=O) groups excluding carboxylic acids is 2. The lowest BCUT2D eigenvalue weighted by molar-refractivity contribution is -0.140. The molecule has 242 valence electrons. The van der Waals surface area contributed by atoms with E-state index in [2.05, 4.69) is 5.32 Å². The smallest absolute Gasteiger partial charge is 0.352 e. The number of carbonyl (C=O) groups is 2. The van der Waals surface area contributed by atoms with Gasteiger partial charge in [0.2, 0.25) is 11.8 Å². The highest BCUT2D eigenvalue weighted by Crippen LogP contribution is 2.38. The lowest BCUT2D eigenvalue weighted by Crippen LogP contribution is -2.53. The summed E-state index contributed by atoms with van der Waals surface area (Å²) in [5.41, 5.74) is -1.27. The third kappa shape index (κ3) is 8.44. The zero-order valence-corrected chi connectivity index (χ0v) is 27.2. The van der Waals surface area contributed by atoms with E-state index in [-0.39, 0.29) is 28.9 Å². The quantitative estimate of drug-likeness (QED) is 0.222. The van der Waals surface area contributed by atoms with Gasteiger partial charge in [0.15, 0.2) is 0 Å². The SMILES string of the molecule is CC[C@H](C(=O)NC1CCCC1)N(Cc1ccc(Cl)cc1Cl)C(=O)CN(c1ccc(Cl)c(C(F)(F)F)c1)S(=O)(=O)c1ccccc1. The first kappa shape index (κ1) is 34.9. The first-order chi connectivity index (χ1) is 21.2. The Morgan fingerprint density at radius 1 is 0.956 bits per heavy atom. The Kier molecular flexibility index (Phi) is 11.3. The molecule has 0 saturated heterocycles. The molecule has 3 aromatic rings. The van der Waals surface area contributed by atoms with Crippen molar-refractivity contribution in [2.45, 2.75) is 68.7 Å². The van der Waals surface area contributed by atoms with Crippen LogP contribution in [0.25, 0.3) is 0 Å². The number of hydrogen-bond acceptors (Lipinski definition) is 4. The molecule has 1 atom stereocenters. The van der Waals surface area contributed by atoms with E-state index in [0.717, 1.165) is 37.8 Å². The summed E-state index contributed by atoms with van der Waals surface area (Å²) >= 11 is 18.3. The number of amides is 2. The molecule has 0 spiro atoms. The van der Waals surface area contributed by atoms with E-state index in [1.165, 1.54) is 35.2 Å². The number of halogens is 6. The van der Waals surface area contributed by atoms with Gasteiger partial charge in [-0.3, -0.25) is 13.9 Å². The molecule has 2 amide bonds. The van der Waals surface area contributed by atoms with Gasteiger partial charge in [-0.1, -0.05) is 78.8 Å². The number of benzene rings is 3. The van der Waals surface area contributed by atoms with Crippen LogP contribution in [0.2, 0.25) is 15.1 Å². The van der Waals surface area contributed by atoms with Gasteiger partial charge in [0.25, 0.3) is 10.0 Å². The van der Waals surface area contributed by atoms with E-state index >= 15 is 0 Å². The van der Waals surface area contributed by atoms with Gasteiger partial charge in [-0.15, -0.1) is 0 Å². The van der Waals surface area contributed by atoms with Crippen LogP contribution in [0.5, 0.6) is 0 Å². The highest BCUT2D eigenvalue weighted by Gasteiger charge is 2.37. The van der Waals surface area contributed by atoms with Crippen LogP contribution < -0.4 is 9.62 Å². The molecule has 0 bridgehead atoms. The molecule has 14 heteroatoms. The Labute approximate surface area is 275 Å². The molecule has 0 unspecified atom stereocenters. The fraction of sp³-hybridized carbons (Fsp3) is 0.355. The first-order valence-electron chi connectivity index (χ1n) is 14.2. The highest BCUT2D eigenvalue weighted by molar-refractivity contribution is 7.92. The Hall–Kier alpha value is -2.99. The maximum atomic E-state index is 14.2. The largest absolute Gasteiger partial charge is 0.417 e. The maximum absolute atomic E-state index is 14.2. The van der Waals surface area contributed by atoms with Crippen molar-refractivity contribution in [1.82, 2.24) is 10.2 Å². The number of rotatable bonds is 11. The molecule has 3 aromatic carbocycles. The minimum absolute atomic E-state index is 0.0626. The lowest BCUT2D eigenvalue weighted by Gasteiger charge is -2.34. The van der Waals surface area contributed by atoms with E-state index in [1.54, 1.807) is 25.1 Å². The summed E-state index contributed by atoms with van der Waals surface area (Å²) in [5, 5.41) is 2.91. The number of sulfonamides is 1. The molecule has 1 saturated carbocycles. The van der Waals surface area contributed by atoms with Gasteiger partial charge in [-0.05, 0) is 67.3 Å². The van der Waals surface area contributed by atoms with Crippen LogP contribution in [-0.4, -0.2) is 43.8 Å². The minimum Gasteiger partial charge on any atom is -0.352 e. The summed E-state index contributed by atoms with van der Waals surface area (Å²) in [5.74, 6) is -1.26. The van der Waals surface area contributed by atoms with E-state index in [4.69, 9.17) is 34.8 Å². The summed E-state index contributed by atoms with van der Waals surface area (Å²) in [6.07, 6.45) is -1.24. The van der Waals surface area contributed by atoms with Gasteiger partial charge in [0.05, 0.1) is 21.2 Å². The van der Waals surface area contributed by atoms with Crippen LogP contribution in [-0.2, 0) is 32.3 Å². The maximum Gasteiger partial charge on any atom is 0.417 e. The number of anilines is 1. The summed E-state index contributed by atoms with van der Waals surface area (Å²) < 4.78 is 69.9. The van der Waals surface area contributed by atoms with Crippen molar-refractivity contribution in [3.63, 3.8) is 0 Å². The van der Waals surface area contributed by atoms with Crippen molar-refractivity contribution in [1.29, 1.82) is 0 Å². The van der Waals surface area contributed by atoms with Crippen LogP contribution >= 0.6 is 34.8 Å². The molecule has 1 N–H and O–H groups in total. The van der Waals surface area contributed by atoms with Gasteiger partial charge in [-0.2, -0.15) is 13.2 Å². The summed E-state index contributed by atoms with van der Waals surface area (Å²) in [4.78, 5) is 28.7. The first-order valence-corrected chi connectivity index (χ1v) is 16.8. The van der Waals surface area contributed by atoms with E-state index in [1.807, 2.05) is 0 Å². The normalized spacial score (nSPS) is 14.6. The Balaban J connectivity index is 1.79. The van der Waals surface area contributed by atoms with Crippen LogP contribution in [0.3, 0.4) is 0 Å². The number of nitrogens with zero attached hydrogens (tertiary/aromatic N) is 2. The molecule has 0 aromatic heterocycles. The van der Waals surface area contributed by atoms with Crippen molar-refractivity contribution in [2.75, 3.05) is 10.8 Å². The van der Waals surface area contributed by atoms with Crippen LogP contribution in [0.1, 0.15) is 50.2 Å². The molecule has 4 rings (SSSR count). The predicted molar refractivity (Wildman–Crippen MR) is 169 cm³/mol. The second-order valence-corrected chi connectivity index (χ2v) is 13.8. The summed E-state index contributed by atoms with van der Waals surface area (Å²) in [7, 11) is -4.58. The van der Waals surface area contributed by atoms with Crippen LogP contribution in [0.15, 0.2) is 71.6 Å². The standard InChI is InChI=1S/C31H31Cl3F3N3O4S/c1-2-28(30(42)38-22-8-6-7-9-22)39(18-20-12-13-21(32)16-27(20)34)29(41)19-40(45(43,44)24-10-4-3-5-11-24)23-14-15-26(33)25(17-23)31(35,36)37/h3-5,10-17,22,28H,2,6-9,18-19H2,1H3,(H,38,42)/t28-/m1/s1. The second-order valence-electron chi connectivity index (χ2n) is 10.7. The van der Waals surface area contributed by atoms with Crippen molar-refractivity contribution in [3.05, 3.63) is 92.9 Å². The van der Waals surface area contributed by atoms with Crippen molar-refractivity contribution in [3.8, 4) is 0 Å². The van der Waals surface area contributed by atoms with E-state index in [9.17, 15) is 31.2 Å². The zero-order chi connectivity index (χ0) is 32.9. The Morgan fingerprint density at radius 2 is 1.62 bits per heavy atom. The molecular weight excluding hydrogens is 674 g/mol. The van der Waals surface area contributed by atoms with E-state index in [0.29, 0.717) is 21.0 Å². The summed E-state index contributed by atoms with van der Waals surface area (Å²) in [6.45, 7) is 0.587. The highest BCUT2D eigenvalue weighted by atomic mass is 35.5. The van der Waals surface area contributed by atoms with Gasteiger partial charge >= 0.3 is 6.18 Å². The van der Waals surface area contributed by atoms with Gasteiger partial charge in [0.1, 0.15) is 12.6 Å². The average Bonchev–Trinajstić information content (AvgIpc) is 3.50. The summed E-state index contributed by atoms with van der Waals surface area (Å²) in [6, 6.07) is 13.1. The molecule has 0 aliphatic heterocycles. The third-order valence-electron chi connectivity index (χ3n) is 7.60. The molecular formula is C31H31Cl3F3N3O4S. The van der Waals surface area contributed by atoms with Crippen molar-refractivity contribution in [2.24, 2.45) is 0 Å². The molecule has 0 radical (unpaired) electrons. The molecule has 0 heterocycles. The molecule has 1 fully saturated rings. The van der Waals surface area contributed by atoms with Crippen LogP contribution in [0.4, 0.5) is 18.9 Å². The molecule has 1 aliphatic carbocycles. The molecule has 1 aliphatic rings. The lowest BCUT2D eigenvalue weighted by atomic mass is 10.1. The number of nitrogens with one attached hydrogen (secondary N) is 1. The fourth-order valence-electron chi connectivity index (χ4n) is 5.25. The Bertz CT molecular complexity index is 1640. The average molecular weight is 705 g/mol. The fourth-order valence-corrected chi connectivity index (χ4v) is 7.37. The predicted octanol–water partition coefficient (Wildman–Crippen LogP) is 7.73. The van der Waals surface area contributed by atoms with Crippen LogP contribution in [0, 0.1) is 0 Å². The van der Waals surface area contributed by atoms with Crippen molar-refractivity contribution >= 4 is 62.3 Å². The van der Waals surface area contributed by atoms with Gasteiger partial charge in [-0.25, -0.2) is 8.42 Å². The van der Waals surface area contributed by atoms with E-state index < -0.39 is 56.9 Å². The minimum atomic E-state index is -4.90. The number of alkyl halides is 3. The number of hydrogen-bond donors (Lipinski definition) is 1. The van der Waals surface area contributed by atoms with Gasteiger partial charge in [0, 0.05) is 22.6 Å².